The Kier molecular flexibility index (Phi) is 7.66. The Morgan fingerprint density at radius 2 is 1.11 bits per heavy atom. The van der Waals surface area contributed by atoms with Crippen LogP contribution in [-0.4, -0.2) is 0 Å². The highest BCUT2D eigenvalue weighted by Gasteiger charge is 2.51. The summed E-state index contributed by atoms with van der Waals surface area (Å²) < 4.78 is 16.4. The zero-order valence-electron chi connectivity index (χ0n) is 35.1. The zero-order chi connectivity index (χ0) is 42.0. The molecule has 0 fully saturated rings. The number of ether oxygens (including phenoxy) is 1. The largest absolute Gasteiger partial charge is 0.456 e. The summed E-state index contributed by atoms with van der Waals surface area (Å²) in [6, 6.07) is 70.9. The molecule has 3 heterocycles. The topological polar surface area (TPSA) is 25.6 Å². The molecule has 0 N–H and O–H groups in total. The second kappa shape index (κ2) is 13.3. The molecule has 2 aromatic heterocycles. The van der Waals surface area contributed by atoms with Crippen LogP contribution in [0.5, 0.6) is 11.5 Å². The molecule has 4 heteroatoms. The van der Waals surface area contributed by atoms with Gasteiger partial charge in [-0.25, -0.2) is 0 Å². The number of thiophene rings is 1. The Labute approximate surface area is 370 Å². The van der Waals surface area contributed by atoms with Crippen molar-refractivity contribution in [3.8, 4) is 33.8 Å². The first-order valence-electron chi connectivity index (χ1n) is 21.7. The Balaban J connectivity index is 1.11. The maximum Gasteiger partial charge on any atom is 0.156 e. The molecule has 0 amide bonds. The first-order chi connectivity index (χ1) is 30.9. The van der Waals surface area contributed by atoms with Crippen molar-refractivity contribution in [3.05, 3.63) is 222 Å². The molecule has 2 aliphatic rings. The molecular formula is C59H41NO2S. The highest BCUT2D eigenvalue weighted by atomic mass is 32.1. The molecule has 300 valence electrons. The summed E-state index contributed by atoms with van der Waals surface area (Å²) >= 11 is 1.85. The molecule has 11 aromatic rings. The molecular weight excluding hydrogens is 787 g/mol. The SMILES string of the molecule is CC(C)(C)c1ccc(-c2cccc3sc4ccc(N(c5cccc6c5Oc5ccccc5C65c6ccccc6-c6ccccc65)c5cccc6oc7ccccc7c56)cc4c23)cc1. The van der Waals surface area contributed by atoms with Crippen molar-refractivity contribution in [1.82, 2.24) is 0 Å². The molecule has 63 heavy (non-hydrogen) atoms. The molecule has 0 radical (unpaired) electrons. The van der Waals surface area contributed by atoms with Gasteiger partial charge in [-0.3, -0.25) is 0 Å². The van der Waals surface area contributed by atoms with Gasteiger partial charge in [-0.2, -0.15) is 0 Å². The van der Waals surface area contributed by atoms with Gasteiger partial charge in [0.25, 0.3) is 0 Å². The van der Waals surface area contributed by atoms with Crippen LogP contribution in [-0.2, 0) is 10.8 Å². The predicted molar refractivity (Wildman–Crippen MR) is 263 cm³/mol. The number of rotatable bonds is 4. The summed E-state index contributed by atoms with van der Waals surface area (Å²) in [5.41, 5.74) is 15.3. The van der Waals surface area contributed by atoms with Crippen LogP contribution in [0.15, 0.2) is 199 Å². The Morgan fingerprint density at radius 3 is 1.90 bits per heavy atom. The Morgan fingerprint density at radius 1 is 0.476 bits per heavy atom. The smallest absolute Gasteiger partial charge is 0.156 e. The fourth-order valence-corrected chi connectivity index (χ4v) is 11.8. The molecule has 1 aliphatic carbocycles. The van der Waals surface area contributed by atoms with E-state index in [-0.39, 0.29) is 5.41 Å². The van der Waals surface area contributed by atoms with Gasteiger partial charge in [-0.1, -0.05) is 160 Å². The third-order valence-electron chi connectivity index (χ3n) is 13.5. The van der Waals surface area contributed by atoms with Gasteiger partial charge in [0.2, 0.25) is 0 Å². The van der Waals surface area contributed by atoms with Crippen LogP contribution >= 0.6 is 11.3 Å². The number of para-hydroxylation sites is 3. The minimum absolute atomic E-state index is 0.0771. The van der Waals surface area contributed by atoms with Gasteiger partial charge in [0, 0.05) is 42.4 Å². The van der Waals surface area contributed by atoms with Crippen LogP contribution in [0.4, 0.5) is 17.1 Å². The van der Waals surface area contributed by atoms with Crippen molar-refractivity contribution in [2.45, 2.75) is 31.6 Å². The number of hydrogen-bond acceptors (Lipinski definition) is 4. The lowest BCUT2D eigenvalue weighted by atomic mass is 9.66. The van der Waals surface area contributed by atoms with Gasteiger partial charge in [-0.15, -0.1) is 11.3 Å². The molecule has 0 saturated carbocycles. The number of fused-ring (bicyclic) bond motifs is 15. The summed E-state index contributed by atoms with van der Waals surface area (Å²) in [5, 5.41) is 4.63. The fourth-order valence-electron chi connectivity index (χ4n) is 10.7. The van der Waals surface area contributed by atoms with E-state index in [0.717, 1.165) is 61.6 Å². The van der Waals surface area contributed by atoms with E-state index in [0.29, 0.717) is 0 Å². The van der Waals surface area contributed by atoms with Crippen LogP contribution < -0.4 is 9.64 Å². The number of furan rings is 1. The first-order valence-corrected chi connectivity index (χ1v) is 22.6. The summed E-state index contributed by atoms with van der Waals surface area (Å²) in [6.07, 6.45) is 0. The molecule has 0 bridgehead atoms. The summed E-state index contributed by atoms with van der Waals surface area (Å²) in [4.78, 5) is 2.42. The minimum atomic E-state index is -0.599. The van der Waals surface area contributed by atoms with Crippen molar-refractivity contribution in [2.75, 3.05) is 4.90 Å². The van der Waals surface area contributed by atoms with E-state index in [1.807, 2.05) is 17.4 Å². The van der Waals surface area contributed by atoms with Gasteiger partial charge in [0.15, 0.2) is 5.75 Å². The summed E-state index contributed by atoms with van der Waals surface area (Å²) in [6.45, 7) is 6.82. The molecule has 13 rings (SSSR count). The number of hydrogen-bond donors (Lipinski definition) is 0. The number of anilines is 3. The molecule has 1 aliphatic heterocycles. The van der Waals surface area contributed by atoms with Crippen molar-refractivity contribution in [3.63, 3.8) is 0 Å². The maximum atomic E-state index is 7.32. The lowest BCUT2D eigenvalue weighted by Crippen LogP contribution is -2.32. The highest BCUT2D eigenvalue weighted by Crippen LogP contribution is 2.64. The van der Waals surface area contributed by atoms with Crippen LogP contribution in [0.1, 0.15) is 48.6 Å². The van der Waals surface area contributed by atoms with E-state index >= 15 is 0 Å². The van der Waals surface area contributed by atoms with Crippen molar-refractivity contribution in [1.29, 1.82) is 0 Å². The number of nitrogens with zero attached hydrogens (tertiary/aromatic N) is 1. The molecule has 0 atom stereocenters. The minimum Gasteiger partial charge on any atom is -0.456 e. The molecule has 1 spiro atoms. The van der Waals surface area contributed by atoms with Gasteiger partial charge in [-0.05, 0) is 99.0 Å². The van der Waals surface area contributed by atoms with E-state index in [1.165, 1.54) is 59.1 Å². The predicted octanol–water partition coefficient (Wildman–Crippen LogP) is 16.9. The van der Waals surface area contributed by atoms with Gasteiger partial charge in [0.05, 0.1) is 22.2 Å². The van der Waals surface area contributed by atoms with Crippen molar-refractivity contribution >= 4 is 70.5 Å². The highest BCUT2D eigenvalue weighted by molar-refractivity contribution is 7.26. The second-order valence-corrected chi connectivity index (χ2v) is 19.0. The Hall–Kier alpha value is -7.40. The third kappa shape index (κ3) is 5.13. The van der Waals surface area contributed by atoms with Gasteiger partial charge >= 0.3 is 0 Å². The third-order valence-corrected chi connectivity index (χ3v) is 14.7. The molecule has 0 unspecified atom stereocenters. The maximum absolute atomic E-state index is 7.32. The quantitative estimate of drug-likeness (QED) is 0.177. The summed E-state index contributed by atoms with van der Waals surface area (Å²) in [7, 11) is 0. The van der Waals surface area contributed by atoms with E-state index in [9.17, 15) is 0 Å². The van der Waals surface area contributed by atoms with Gasteiger partial charge in [0.1, 0.15) is 16.9 Å². The molecule has 9 aromatic carbocycles. The number of benzene rings is 9. The van der Waals surface area contributed by atoms with E-state index in [4.69, 9.17) is 9.15 Å². The van der Waals surface area contributed by atoms with Crippen molar-refractivity contribution in [2.24, 2.45) is 0 Å². The van der Waals surface area contributed by atoms with E-state index in [1.54, 1.807) is 0 Å². The van der Waals surface area contributed by atoms with Crippen molar-refractivity contribution < 1.29 is 9.15 Å². The van der Waals surface area contributed by atoms with Crippen LogP contribution in [0.2, 0.25) is 0 Å². The first kappa shape index (κ1) is 36.3. The lowest BCUT2D eigenvalue weighted by Gasteiger charge is -2.41. The van der Waals surface area contributed by atoms with E-state index < -0.39 is 5.41 Å². The average molecular weight is 828 g/mol. The Bertz CT molecular complexity index is 3610. The van der Waals surface area contributed by atoms with Gasteiger partial charge < -0.3 is 14.1 Å². The van der Waals surface area contributed by atoms with Crippen LogP contribution in [0.25, 0.3) is 64.4 Å². The zero-order valence-corrected chi connectivity index (χ0v) is 36.0. The molecule has 3 nitrogen and oxygen atoms in total. The normalized spacial score (nSPS) is 13.6. The van der Waals surface area contributed by atoms with E-state index in [2.05, 4.69) is 214 Å². The van der Waals surface area contributed by atoms with Crippen LogP contribution in [0.3, 0.4) is 0 Å². The molecule has 0 saturated heterocycles. The fraction of sp³-hybridized carbons (Fsp3) is 0.0847. The standard InChI is InChI=1S/C59H41NO2S/c1-58(2,3)37-31-29-36(30-32-37)39-18-12-28-54-55(39)43-35-38(33-34-53(43)63-54)60(48-23-14-27-52-56(48)42-17-6-10-25-50(42)61-52)49-24-13-22-47-57(49)62-51-26-11-9-21-46(51)59(47)44-19-7-4-15-40(44)41-16-5-8-20-45(41)59/h4-35H,1-3H3. The summed E-state index contributed by atoms with van der Waals surface area (Å²) in [5.74, 6) is 1.69. The second-order valence-electron chi connectivity index (χ2n) is 18.0. The average Bonchev–Trinajstić information content (AvgIpc) is 3.98. The van der Waals surface area contributed by atoms with Crippen LogP contribution in [0, 0.1) is 0 Å². The monoisotopic (exact) mass is 827 g/mol. The lowest BCUT2D eigenvalue weighted by molar-refractivity contribution is 0.437.